The third-order valence-electron chi connectivity index (χ3n) is 1.93. The average molecular weight is 256 g/mol. The monoisotopic (exact) mass is 255 g/mol. The number of amides is 2. The van der Waals surface area contributed by atoms with Crippen molar-refractivity contribution in [3.05, 3.63) is 23.2 Å². The minimum Gasteiger partial charge on any atom is -0.330 e. The lowest BCUT2D eigenvalue weighted by Crippen LogP contribution is -2.16. The Morgan fingerprint density at radius 1 is 1.35 bits per heavy atom. The molecule has 0 fully saturated rings. The van der Waals surface area contributed by atoms with Crippen LogP contribution in [0.5, 0.6) is 0 Å². The quantitative estimate of drug-likeness (QED) is 0.764. The van der Waals surface area contributed by atoms with Gasteiger partial charge in [0.1, 0.15) is 0 Å². The van der Waals surface area contributed by atoms with E-state index in [1.165, 1.54) is 6.92 Å². The molecule has 0 heterocycles. The third-order valence-corrected chi connectivity index (χ3v) is 2.25. The molecular formula is C11H14ClN3O2. The maximum atomic E-state index is 11.3. The first kappa shape index (κ1) is 13.5. The van der Waals surface area contributed by atoms with Crippen molar-refractivity contribution in [1.82, 2.24) is 0 Å². The fourth-order valence-corrected chi connectivity index (χ4v) is 1.47. The van der Waals surface area contributed by atoms with Crippen LogP contribution in [0.4, 0.5) is 11.4 Å². The second kappa shape index (κ2) is 6.22. The molecule has 17 heavy (non-hydrogen) atoms. The average Bonchev–Trinajstić information content (AvgIpc) is 2.22. The highest BCUT2D eigenvalue weighted by Crippen LogP contribution is 2.25. The minimum atomic E-state index is -0.202. The van der Waals surface area contributed by atoms with Gasteiger partial charge >= 0.3 is 0 Å². The number of benzene rings is 1. The zero-order chi connectivity index (χ0) is 12.8. The molecular weight excluding hydrogens is 242 g/mol. The Bertz CT molecular complexity index is 435. The van der Waals surface area contributed by atoms with E-state index in [1.807, 2.05) is 0 Å². The van der Waals surface area contributed by atoms with Crippen molar-refractivity contribution in [2.24, 2.45) is 5.73 Å². The van der Waals surface area contributed by atoms with Crippen LogP contribution in [0.15, 0.2) is 18.2 Å². The van der Waals surface area contributed by atoms with Gasteiger partial charge in [0, 0.05) is 25.6 Å². The third kappa shape index (κ3) is 4.42. The number of halogens is 1. The van der Waals surface area contributed by atoms with Crippen molar-refractivity contribution in [3.63, 3.8) is 0 Å². The van der Waals surface area contributed by atoms with Gasteiger partial charge in [-0.25, -0.2) is 0 Å². The molecule has 0 spiro atoms. The van der Waals surface area contributed by atoms with Crippen LogP contribution in [0, 0.1) is 0 Å². The van der Waals surface area contributed by atoms with E-state index in [-0.39, 0.29) is 18.2 Å². The van der Waals surface area contributed by atoms with Crippen LogP contribution in [0.25, 0.3) is 0 Å². The molecule has 0 saturated carbocycles. The molecule has 0 aliphatic heterocycles. The van der Waals surface area contributed by atoms with Crippen LogP contribution in [0.1, 0.15) is 13.3 Å². The van der Waals surface area contributed by atoms with E-state index in [0.29, 0.717) is 22.9 Å². The topological polar surface area (TPSA) is 84.2 Å². The lowest BCUT2D eigenvalue weighted by Gasteiger charge is -2.08. The Morgan fingerprint density at radius 3 is 2.59 bits per heavy atom. The number of rotatable bonds is 4. The number of hydrogen-bond acceptors (Lipinski definition) is 3. The van der Waals surface area contributed by atoms with Crippen LogP contribution in [0.2, 0.25) is 5.02 Å². The van der Waals surface area contributed by atoms with Gasteiger partial charge < -0.3 is 16.4 Å². The van der Waals surface area contributed by atoms with E-state index in [0.717, 1.165) is 0 Å². The van der Waals surface area contributed by atoms with Crippen LogP contribution in [0.3, 0.4) is 0 Å². The molecule has 0 aliphatic rings. The smallest absolute Gasteiger partial charge is 0.225 e. The van der Waals surface area contributed by atoms with Gasteiger partial charge in [-0.1, -0.05) is 11.6 Å². The van der Waals surface area contributed by atoms with Crippen molar-refractivity contribution in [2.75, 3.05) is 17.2 Å². The maximum absolute atomic E-state index is 11.3. The van der Waals surface area contributed by atoms with Crippen LogP contribution < -0.4 is 16.4 Å². The Hall–Kier alpha value is -1.59. The molecule has 0 saturated heterocycles. The molecule has 5 nitrogen and oxygen atoms in total. The van der Waals surface area contributed by atoms with Gasteiger partial charge in [0.25, 0.3) is 0 Å². The molecule has 0 aliphatic carbocycles. The normalized spacial score (nSPS) is 9.82. The lowest BCUT2D eigenvalue weighted by molar-refractivity contribution is -0.116. The standard InChI is InChI=1S/C11H14ClN3O2/c1-7(16)14-10-3-2-8(6-9(10)12)15-11(17)4-5-13/h2-3,6H,4-5,13H2,1H3,(H,14,16)(H,15,17). The molecule has 1 rings (SSSR count). The van der Waals surface area contributed by atoms with Crippen molar-refractivity contribution in [3.8, 4) is 0 Å². The molecule has 0 bridgehead atoms. The van der Waals surface area contributed by atoms with Gasteiger partial charge in [-0.05, 0) is 18.2 Å². The lowest BCUT2D eigenvalue weighted by atomic mass is 10.2. The van der Waals surface area contributed by atoms with E-state index in [9.17, 15) is 9.59 Å². The van der Waals surface area contributed by atoms with Gasteiger partial charge in [0.2, 0.25) is 11.8 Å². The summed E-state index contributed by atoms with van der Waals surface area (Å²) in [6.07, 6.45) is 0.255. The highest BCUT2D eigenvalue weighted by molar-refractivity contribution is 6.34. The summed E-state index contributed by atoms with van der Waals surface area (Å²) in [4.78, 5) is 22.1. The predicted molar refractivity (Wildman–Crippen MR) is 68.1 cm³/mol. The number of carbonyl (C=O) groups is 2. The SMILES string of the molecule is CC(=O)Nc1ccc(NC(=O)CCN)cc1Cl. The molecule has 1 aromatic rings. The number of anilines is 2. The van der Waals surface area contributed by atoms with Gasteiger partial charge in [0.15, 0.2) is 0 Å². The predicted octanol–water partition coefficient (Wildman–Crippen LogP) is 1.59. The van der Waals surface area contributed by atoms with Gasteiger partial charge in [-0.3, -0.25) is 9.59 Å². The van der Waals surface area contributed by atoms with E-state index >= 15 is 0 Å². The molecule has 0 aromatic heterocycles. The molecule has 6 heteroatoms. The van der Waals surface area contributed by atoms with Crippen molar-refractivity contribution >= 4 is 34.8 Å². The fourth-order valence-electron chi connectivity index (χ4n) is 1.24. The second-order valence-corrected chi connectivity index (χ2v) is 3.87. The Labute approximate surface area is 104 Å². The van der Waals surface area contributed by atoms with Gasteiger partial charge in [-0.2, -0.15) is 0 Å². The van der Waals surface area contributed by atoms with Crippen LogP contribution in [-0.4, -0.2) is 18.4 Å². The first-order valence-corrected chi connectivity index (χ1v) is 5.48. The highest BCUT2D eigenvalue weighted by Gasteiger charge is 2.05. The largest absolute Gasteiger partial charge is 0.330 e. The molecule has 0 atom stereocenters. The first-order valence-electron chi connectivity index (χ1n) is 5.10. The van der Waals surface area contributed by atoms with Crippen molar-refractivity contribution in [1.29, 1.82) is 0 Å². The highest BCUT2D eigenvalue weighted by atomic mass is 35.5. The molecule has 0 unspecified atom stereocenters. The van der Waals surface area contributed by atoms with Gasteiger partial charge in [0.05, 0.1) is 10.7 Å². The second-order valence-electron chi connectivity index (χ2n) is 3.46. The number of hydrogen-bond donors (Lipinski definition) is 3. The summed E-state index contributed by atoms with van der Waals surface area (Å²) in [6.45, 7) is 1.69. The summed E-state index contributed by atoms with van der Waals surface area (Å²) >= 11 is 5.94. The summed E-state index contributed by atoms with van der Waals surface area (Å²) in [5.74, 6) is -0.373. The van der Waals surface area contributed by atoms with Crippen molar-refractivity contribution < 1.29 is 9.59 Å². The molecule has 4 N–H and O–H groups in total. The molecule has 1 aromatic carbocycles. The molecule has 0 radical (unpaired) electrons. The fraction of sp³-hybridized carbons (Fsp3) is 0.273. The van der Waals surface area contributed by atoms with Crippen LogP contribution in [-0.2, 0) is 9.59 Å². The van der Waals surface area contributed by atoms with Crippen LogP contribution >= 0.6 is 11.6 Å². The first-order chi connectivity index (χ1) is 8.02. The summed E-state index contributed by atoms with van der Waals surface area (Å²) in [6, 6.07) is 4.86. The zero-order valence-corrected chi connectivity index (χ0v) is 10.2. The van der Waals surface area contributed by atoms with E-state index in [2.05, 4.69) is 10.6 Å². The molecule has 92 valence electrons. The Balaban J connectivity index is 2.74. The van der Waals surface area contributed by atoms with Gasteiger partial charge in [-0.15, -0.1) is 0 Å². The van der Waals surface area contributed by atoms with E-state index in [1.54, 1.807) is 18.2 Å². The Morgan fingerprint density at radius 2 is 2.06 bits per heavy atom. The summed E-state index contributed by atoms with van der Waals surface area (Å²) in [5.41, 5.74) is 6.34. The summed E-state index contributed by atoms with van der Waals surface area (Å²) < 4.78 is 0. The number of nitrogens with one attached hydrogen (secondary N) is 2. The number of carbonyl (C=O) groups excluding carboxylic acids is 2. The number of nitrogens with two attached hydrogens (primary N) is 1. The van der Waals surface area contributed by atoms with Crippen molar-refractivity contribution in [2.45, 2.75) is 13.3 Å². The van der Waals surface area contributed by atoms with E-state index in [4.69, 9.17) is 17.3 Å². The summed E-state index contributed by atoms with van der Waals surface area (Å²) in [5, 5.41) is 5.59. The minimum absolute atomic E-state index is 0.171. The zero-order valence-electron chi connectivity index (χ0n) is 9.42. The molecule has 2 amide bonds. The van der Waals surface area contributed by atoms with E-state index < -0.39 is 0 Å². The Kier molecular flexibility index (Phi) is 4.93. The summed E-state index contributed by atoms with van der Waals surface area (Å²) in [7, 11) is 0. The maximum Gasteiger partial charge on any atom is 0.225 e.